The van der Waals surface area contributed by atoms with E-state index in [9.17, 15) is 18.0 Å². The van der Waals surface area contributed by atoms with Crippen LogP contribution in [-0.2, 0) is 10.1 Å². The minimum Gasteiger partial charge on any atom is -0.462 e. The number of ether oxygens (including phenoxy) is 2. The third kappa shape index (κ3) is 4.48. The smallest absolute Gasteiger partial charge is 0.462 e. The molecular formula is C10H8BrF3INO3. The maximum absolute atomic E-state index is 12.2. The average Bonchev–Trinajstić information content (AvgIpc) is 2.30. The van der Waals surface area contributed by atoms with E-state index in [-0.39, 0.29) is 21.1 Å². The van der Waals surface area contributed by atoms with Crippen LogP contribution in [0.5, 0.6) is 5.88 Å². The van der Waals surface area contributed by atoms with Gasteiger partial charge in [0.05, 0.1) is 15.7 Å². The van der Waals surface area contributed by atoms with E-state index in [0.29, 0.717) is 5.56 Å². The van der Waals surface area contributed by atoms with Crippen LogP contribution < -0.4 is 4.74 Å². The van der Waals surface area contributed by atoms with Gasteiger partial charge >= 0.3 is 12.3 Å². The first-order valence-electron chi connectivity index (χ1n) is 4.96. The summed E-state index contributed by atoms with van der Waals surface area (Å²) >= 11 is 4.76. The van der Waals surface area contributed by atoms with E-state index >= 15 is 0 Å². The molecule has 1 aromatic heterocycles. The number of hydrogen-bond donors (Lipinski definition) is 0. The van der Waals surface area contributed by atoms with Crippen molar-refractivity contribution < 1.29 is 27.4 Å². The number of halogens is 5. The largest absolute Gasteiger partial charge is 0.574 e. The van der Waals surface area contributed by atoms with Gasteiger partial charge in [0.1, 0.15) is 0 Å². The van der Waals surface area contributed by atoms with Crippen LogP contribution in [0.2, 0.25) is 0 Å². The number of aromatic nitrogens is 1. The predicted molar refractivity (Wildman–Crippen MR) is 72.2 cm³/mol. The number of nitrogens with zero attached hydrogens (tertiary/aromatic N) is 1. The van der Waals surface area contributed by atoms with Gasteiger partial charge in [-0.1, -0.05) is 15.9 Å². The van der Waals surface area contributed by atoms with Gasteiger partial charge in [-0.3, -0.25) is 0 Å². The molecule has 1 rings (SSSR count). The number of carbonyl (C=O) groups excluding carboxylic acids is 1. The van der Waals surface area contributed by atoms with Gasteiger partial charge in [-0.15, -0.1) is 13.2 Å². The minimum atomic E-state index is -4.83. The van der Waals surface area contributed by atoms with E-state index in [4.69, 9.17) is 4.74 Å². The van der Waals surface area contributed by atoms with Gasteiger partial charge < -0.3 is 9.47 Å². The van der Waals surface area contributed by atoms with Crippen LogP contribution in [0.25, 0.3) is 0 Å². The molecule has 0 fully saturated rings. The number of alkyl halides is 4. The lowest BCUT2D eigenvalue weighted by molar-refractivity contribution is -0.276. The van der Waals surface area contributed by atoms with Crippen molar-refractivity contribution in [3.05, 3.63) is 20.9 Å². The predicted octanol–water partition coefficient (Wildman–Crippen LogP) is 3.66. The zero-order valence-electron chi connectivity index (χ0n) is 9.55. The van der Waals surface area contributed by atoms with Crippen LogP contribution in [-0.4, -0.2) is 23.9 Å². The molecule has 0 atom stereocenters. The fraction of sp³-hybridized carbons (Fsp3) is 0.400. The lowest BCUT2D eigenvalue weighted by atomic mass is 10.1. The third-order valence-corrected chi connectivity index (χ3v) is 3.60. The van der Waals surface area contributed by atoms with Crippen LogP contribution in [0, 0.1) is 3.57 Å². The van der Waals surface area contributed by atoms with Crippen LogP contribution >= 0.6 is 38.5 Å². The first-order valence-corrected chi connectivity index (χ1v) is 7.16. The van der Waals surface area contributed by atoms with E-state index in [1.807, 2.05) is 0 Å². The molecule has 0 unspecified atom stereocenters. The van der Waals surface area contributed by atoms with Crippen LogP contribution in [0.3, 0.4) is 0 Å². The van der Waals surface area contributed by atoms with E-state index < -0.39 is 18.2 Å². The number of rotatable bonds is 4. The standard InChI is InChI=1S/C10H8BrF3INO3/c1-2-18-9(17)6-4-16-8(19-10(12,13)14)7(15)5(6)3-11/h4H,2-3H2,1H3. The average molecular weight is 454 g/mol. The SMILES string of the molecule is CCOC(=O)c1cnc(OC(F)(F)F)c(I)c1CBr. The summed E-state index contributed by atoms with van der Waals surface area (Å²) in [4.78, 5) is 15.1. The molecule has 9 heteroatoms. The van der Waals surface area contributed by atoms with Crippen molar-refractivity contribution in [1.82, 2.24) is 4.98 Å². The molecule has 0 aliphatic carbocycles. The number of esters is 1. The second-order valence-electron chi connectivity index (χ2n) is 3.17. The molecule has 0 aromatic carbocycles. The van der Waals surface area contributed by atoms with Gasteiger partial charge in [-0.2, -0.15) is 0 Å². The van der Waals surface area contributed by atoms with Crippen molar-refractivity contribution >= 4 is 44.5 Å². The molecule has 0 saturated heterocycles. The highest BCUT2D eigenvalue weighted by atomic mass is 127. The van der Waals surface area contributed by atoms with E-state index in [2.05, 4.69) is 25.7 Å². The summed E-state index contributed by atoms with van der Waals surface area (Å²) in [6.45, 7) is 1.79. The molecule has 0 bridgehead atoms. The maximum atomic E-state index is 12.2. The Hall–Kier alpha value is -0.580. The van der Waals surface area contributed by atoms with Gasteiger partial charge in [0, 0.05) is 11.5 Å². The second-order valence-corrected chi connectivity index (χ2v) is 4.81. The van der Waals surface area contributed by atoms with Crippen LogP contribution in [0.1, 0.15) is 22.8 Å². The Bertz CT molecular complexity index is 482. The van der Waals surface area contributed by atoms with Gasteiger partial charge in [0.25, 0.3) is 0 Å². The Kier molecular flexibility index (Phi) is 5.83. The lowest BCUT2D eigenvalue weighted by Crippen LogP contribution is -2.20. The lowest BCUT2D eigenvalue weighted by Gasteiger charge is -2.13. The summed E-state index contributed by atoms with van der Waals surface area (Å²) in [5, 5.41) is 0.177. The molecule has 0 radical (unpaired) electrons. The molecule has 4 nitrogen and oxygen atoms in total. The van der Waals surface area contributed by atoms with E-state index in [1.165, 1.54) is 0 Å². The van der Waals surface area contributed by atoms with Crippen molar-refractivity contribution in [2.75, 3.05) is 6.61 Å². The monoisotopic (exact) mass is 453 g/mol. The Morgan fingerprint density at radius 3 is 2.63 bits per heavy atom. The summed E-state index contributed by atoms with van der Waals surface area (Å²) in [7, 11) is 0. The minimum absolute atomic E-state index is 0.109. The quantitative estimate of drug-likeness (QED) is 0.396. The van der Waals surface area contributed by atoms with Crippen molar-refractivity contribution in [3.8, 4) is 5.88 Å². The van der Waals surface area contributed by atoms with E-state index in [0.717, 1.165) is 6.20 Å². The summed E-state index contributed by atoms with van der Waals surface area (Å²) in [6.07, 6.45) is -3.82. The molecule has 19 heavy (non-hydrogen) atoms. The Balaban J connectivity index is 3.19. The van der Waals surface area contributed by atoms with Gasteiger partial charge in [0.15, 0.2) is 0 Å². The van der Waals surface area contributed by atoms with Crippen molar-refractivity contribution in [3.63, 3.8) is 0 Å². The Morgan fingerprint density at radius 1 is 1.53 bits per heavy atom. The van der Waals surface area contributed by atoms with Crippen LogP contribution in [0.15, 0.2) is 6.20 Å². The maximum Gasteiger partial charge on any atom is 0.574 e. The number of carbonyl (C=O) groups is 1. The van der Waals surface area contributed by atoms with Gasteiger partial charge in [-0.25, -0.2) is 9.78 Å². The summed E-state index contributed by atoms with van der Waals surface area (Å²) in [5.74, 6) is -1.23. The summed E-state index contributed by atoms with van der Waals surface area (Å²) < 4.78 is 45.2. The highest BCUT2D eigenvalue weighted by molar-refractivity contribution is 14.1. The van der Waals surface area contributed by atoms with E-state index in [1.54, 1.807) is 29.5 Å². The molecule has 0 aliphatic rings. The Morgan fingerprint density at radius 2 is 2.16 bits per heavy atom. The van der Waals surface area contributed by atoms with Gasteiger partial charge in [0.2, 0.25) is 5.88 Å². The first kappa shape index (κ1) is 16.5. The van der Waals surface area contributed by atoms with Crippen molar-refractivity contribution in [1.29, 1.82) is 0 Å². The molecule has 0 aliphatic heterocycles. The highest BCUT2D eigenvalue weighted by Gasteiger charge is 2.33. The topological polar surface area (TPSA) is 48.4 Å². The molecular weight excluding hydrogens is 446 g/mol. The molecule has 0 N–H and O–H groups in total. The number of pyridine rings is 1. The zero-order valence-corrected chi connectivity index (χ0v) is 13.3. The van der Waals surface area contributed by atoms with Gasteiger partial charge in [-0.05, 0) is 35.1 Å². The van der Waals surface area contributed by atoms with Crippen LogP contribution in [0.4, 0.5) is 13.2 Å². The molecule has 0 amide bonds. The fourth-order valence-electron chi connectivity index (χ4n) is 1.20. The second kappa shape index (κ2) is 6.73. The first-order chi connectivity index (χ1) is 8.80. The zero-order chi connectivity index (χ0) is 14.6. The van der Waals surface area contributed by atoms with Crippen molar-refractivity contribution in [2.24, 2.45) is 0 Å². The normalized spacial score (nSPS) is 11.3. The fourth-order valence-corrected chi connectivity index (χ4v) is 3.04. The number of hydrogen-bond acceptors (Lipinski definition) is 4. The molecule has 106 valence electrons. The molecule has 1 aromatic rings. The third-order valence-electron chi connectivity index (χ3n) is 1.93. The molecule has 1 heterocycles. The summed E-state index contributed by atoms with van der Waals surface area (Å²) in [6, 6.07) is 0. The van der Waals surface area contributed by atoms with Crippen molar-refractivity contribution in [2.45, 2.75) is 18.6 Å². The summed E-state index contributed by atoms with van der Waals surface area (Å²) in [5.41, 5.74) is 0.450. The highest BCUT2D eigenvalue weighted by Crippen LogP contribution is 2.31. The molecule has 0 spiro atoms. The molecule has 0 saturated carbocycles. The Labute approximate surface area is 128 Å².